The van der Waals surface area contributed by atoms with Gasteiger partial charge in [0, 0.05) is 12.1 Å². The highest BCUT2D eigenvalue weighted by Gasteiger charge is 2.23. The summed E-state index contributed by atoms with van der Waals surface area (Å²) in [4.78, 5) is 35.4. The molecule has 0 aliphatic heterocycles. The Bertz CT molecular complexity index is 1510. The Morgan fingerprint density at radius 3 is 2.53 bits per heavy atom. The molecule has 0 saturated heterocycles. The van der Waals surface area contributed by atoms with E-state index in [-0.39, 0.29) is 30.3 Å². The number of nitrogens with one attached hydrogen (secondary N) is 1. The lowest BCUT2D eigenvalue weighted by molar-refractivity contribution is -0.154. The van der Waals surface area contributed by atoms with Crippen LogP contribution in [0.1, 0.15) is 57.2 Å². The molecule has 3 heterocycles. The fourth-order valence-electron chi connectivity index (χ4n) is 4.37. The number of benzene rings is 1. The Morgan fingerprint density at radius 1 is 1.13 bits per heavy atom. The predicted octanol–water partition coefficient (Wildman–Crippen LogP) is 4.82. The van der Waals surface area contributed by atoms with Crippen molar-refractivity contribution < 1.29 is 18.8 Å². The fraction of sp³-hybridized carbons (Fsp3) is 0.393. The van der Waals surface area contributed by atoms with Crippen LogP contribution in [0.2, 0.25) is 0 Å². The number of anilines is 1. The average molecular weight is 520 g/mol. The zero-order valence-electron chi connectivity index (χ0n) is 22.8. The van der Waals surface area contributed by atoms with E-state index in [1.807, 2.05) is 77.9 Å². The van der Waals surface area contributed by atoms with Crippen molar-refractivity contribution in [3.05, 3.63) is 63.8 Å². The molecule has 0 radical (unpaired) electrons. The summed E-state index contributed by atoms with van der Waals surface area (Å²) in [7, 11) is 1.59. The number of methoxy groups -OCH3 is 1. The number of para-hydroxylation sites is 1. The number of hydrogen-bond acceptors (Lipinski definition) is 9. The van der Waals surface area contributed by atoms with Crippen LogP contribution in [0.4, 0.5) is 5.82 Å². The number of fused-ring (bicyclic) bond motifs is 1. The van der Waals surface area contributed by atoms with Crippen molar-refractivity contribution >= 4 is 23.0 Å². The number of ether oxygens (including phenoxy) is 2. The molecule has 4 rings (SSSR count). The molecule has 0 saturated carbocycles. The Hall–Kier alpha value is -4.21. The molecule has 3 aromatic heterocycles. The third-order valence-electron chi connectivity index (χ3n) is 6.04. The van der Waals surface area contributed by atoms with Gasteiger partial charge in [0.05, 0.1) is 36.5 Å². The minimum atomic E-state index is -0.584. The molecule has 10 nitrogen and oxygen atoms in total. The van der Waals surface area contributed by atoms with E-state index >= 15 is 0 Å². The van der Waals surface area contributed by atoms with E-state index in [2.05, 4.69) is 15.5 Å². The topological polar surface area (TPSA) is 121 Å². The van der Waals surface area contributed by atoms with E-state index in [0.29, 0.717) is 34.1 Å². The molecule has 0 bridgehead atoms. The van der Waals surface area contributed by atoms with Gasteiger partial charge in [0.1, 0.15) is 22.6 Å². The van der Waals surface area contributed by atoms with Gasteiger partial charge in [-0.25, -0.2) is 9.97 Å². The van der Waals surface area contributed by atoms with E-state index in [1.54, 1.807) is 11.7 Å². The van der Waals surface area contributed by atoms with E-state index in [1.165, 1.54) is 0 Å². The molecule has 1 aromatic carbocycles. The lowest BCUT2D eigenvalue weighted by atomic mass is 10.1. The molecule has 0 fully saturated rings. The van der Waals surface area contributed by atoms with Gasteiger partial charge in [0.15, 0.2) is 11.5 Å². The highest BCUT2D eigenvalue weighted by atomic mass is 16.6. The smallest absolute Gasteiger partial charge is 0.308 e. The molecule has 0 amide bonds. The number of pyridine rings is 1. The normalized spacial score (nSPS) is 12.4. The van der Waals surface area contributed by atoms with Crippen molar-refractivity contribution in [3.63, 3.8) is 0 Å². The molecule has 0 aliphatic carbocycles. The van der Waals surface area contributed by atoms with Crippen LogP contribution >= 0.6 is 0 Å². The fourth-order valence-corrected chi connectivity index (χ4v) is 4.37. The standard InChI is InChI=1S/C28H33N5O5/c1-16-24(18(3)38-32-16)20-12-13-21-26(31-20)33(17(2)19-10-8-9-11-22(19)36-7)27(35)25(30-21)29-15-14-23(34)37-28(4,5)6/h8-13,17H,14-15H2,1-7H3,(H,29,30)/t17-/m0/s1. The number of aryl methyl sites for hydroxylation is 2. The van der Waals surface area contributed by atoms with Gasteiger partial charge in [0.2, 0.25) is 0 Å². The summed E-state index contributed by atoms with van der Waals surface area (Å²) in [6.07, 6.45) is 0.0850. The first-order valence-electron chi connectivity index (χ1n) is 12.5. The van der Waals surface area contributed by atoms with E-state index in [0.717, 1.165) is 11.1 Å². The van der Waals surface area contributed by atoms with Crippen molar-refractivity contribution in [2.45, 2.75) is 59.6 Å². The van der Waals surface area contributed by atoms with Crippen LogP contribution in [0.25, 0.3) is 22.4 Å². The molecule has 10 heteroatoms. The van der Waals surface area contributed by atoms with Crippen LogP contribution in [0.5, 0.6) is 5.75 Å². The van der Waals surface area contributed by atoms with Gasteiger partial charge >= 0.3 is 5.97 Å². The van der Waals surface area contributed by atoms with Crippen molar-refractivity contribution in [2.75, 3.05) is 19.0 Å². The van der Waals surface area contributed by atoms with E-state index in [9.17, 15) is 9.59 Å². The van der Waals surface area contributed by atoms with Crippen LogP contribution in [0.3, 0.4) is 0 Å². The van der Waals surface area contributed by atoms with Crippen LogP contribution in [0, 0.1) is 13.8 Å². The highest BCUT2D eigenvalue weighted by Crippen LogP contribution is 2.31. The zero-order valence-corrected chi connectivity index (χ0v) is 22.8. The largest absolute Gasteiger partial charge is 0.496 e. The molecule has 0 spiro atoms. The first kappa shape index (κ1) is 26.8. The summed E-state index contributed by atoms with van der Waals surface area (Å²) >= 11 is 0. The van der Waals surface area contributed by atoms with Gasteiger partial charge in [-0.15, -0.1) is 0 Å². The van der Waals surface area contributed by atoms with Crippen molar-refractivity contribution in [1.29, 1.82) is 0 Å². The number of carbonyl (C=O) groups excluding carboxylic acids is 1. The van der Waals surface area contributed by atoms with Crippen LogP contribution in [-0.2, 0) is 9.53 Å². The molecule has 0 aliphatic rings. The SMILES string of the molecule is COc1ccccc1[C@H](C)n1c(=O)c(NCCC(=O)OC(C)(C)C)nc2ccc(-c3c(C)noc3C)nc21. The second-order valence-corrected chi connectivity index (χ2v) is 10.1. The molecule has 4 aromatic rings. The first-order chi connectivity index (χ1) is 18.0. The summed E-state index contributed by atoms with van der Waals surface area (Å²) in [5, 5.41) is 7.07. The molecular formula is C28H33N5O5. The third-order valence-corrected chi connectivity index (χ3v) is 6.04. The Labute approximate surface area is 221 Å². The van der Waals surface area contributed by atoms with Gasteiger partial charge in [-0.05, 0) is 59.7 Å². The van der Waals surface area contributed by atoms with Crippen LogP contribution in [-0.4, -0.2) is 44.9 Å². The predicted molar refractivity (Wildman–Crippen MR) is 145 cm³/mol. The van der Waals surface area contributed by atoms with Gasteiger partial charge in [-0.2, -0.15) is 0 Å². The van der Waals surface area contributed by atoms with Gasteiger partial charge < -0.3 is 19.3 Å². The molecule has 200 valence electrons. The maximum Gasteiger partial charge on any atom is 0.308 e. The summed E-state index contributed by atoms with van der Waals surface area (Å²) in [5.74, 6) is 1.04. The van der Waals surface area contributed by atoms with Crippen molar-refractivity contribution in [1.82, 2.24) is 19.7 Å². The molecule has 0 unspecified atom stereocenters. The Kier molecular flexibility index (Phi) is 7.52. The highest BCUT2D eigenvalue weighted by molar-refractivity contribution is 5.78. The molecule has 1 atom stereocenters. The van der Waals surface area contributed by atoms with Crippen LogP contribution < -0.4 is 15.6 Å². The van der Waals surface area contributed by atoms with Crippen molar-refractivity contribution in [2.24, 2.45) is 0 Å². The number of nitrogens with zero attached hydrogens (tertiary/aromatic N) is 4. The van der Waals surface area contributed by atoms with Crippen LogP contribution in [0.15, 0.2) is 45.7 Å². The van der Waals surface area contributed by atoms with Gasteiger partial charge in [-0.1, -0.05) is 23.4 Å². The first-order valence-corrected chi connectivity index (χ1v) is 12.5. The summed E-state index contributed by atoms with van der Waals surface area (Å²) in [6, 6.07) is 10.7. The Morgan fingerprint density at radius 2 is 1.87 bits per heavy atom. The van der Waals surface area contributed by atoms with Gasteiger partial charge in [-0.3, -0.25) is 14.2 Å². The Balaban J connectivity index is 1.81. The maximum atomic E-state index is 13.8. The number of hydrogen-bond donors (Lipinski definition) is 1. The quantitative estimate of drug-likeness (QED) is 0.326. The monoisotopic (exact) mass is 519 g/mol. The molecule has 1 N–H and O–H groups in total. The number of rotatable bonds is 8. The van der Waals surface area contributed by atoms with E-state index in [4.69, 9.17) is 19.0 Å². The third kappa shape index (κ3) is 5.53. The number of carbonyl (C=O) groups is 1. The lowest BCUT2D eigenvalue weighted by Crippen LogP contribution is -2.30. The number of esters is 1. The summed E-state index contributed by atoms with van der Waals surface area (Å²) in [6.45, 7) is 11.2. The van der Waals surface area contributed by atoms with E-state index < -0.39 is 11.6 Å². The second-order valence-electron chi connectivity index (χ2n) is 10.1. The summed E-state index contributed by atoms with van der Waals surface area (Å²) < 4.78 is 17.9. The molecule has 38 heavy (non-hydrogen) atoms. The maximum absolute atomic E-state index is 13.8. The lowest BCUT2D eigenvalue weighted by Gasteiger charge is -2.21. The molecular weight excluding hydrogens is 486 g/mol. The van der Waals surface area contributed by atoms with Gasteiger partial charge in [0.25, 0.3) is 5.56 Å². The van der Waals surface area contributed by atoms with Crippen molar-refractivity contribution in [3.8, 4) is 17.0 Å². The minimum absolute atomic E-state index is 0.0850. The zero-order chi connectivity index (χ0) is 27.6. The second kappa shape index (κ2) is 10.6. The average Bonchev–Trinajstić information content (AvgIpc) is 3.20. The number of aromatic nitrogens is 4. The minimum Gasteiger partial charge on any atom is -0.496 e. The summed E-state index contributed by atoms with van der Waals surface area (Å²) in [5.41, 5.74) is 2.88.